The Hall–Kier alpha value is -3.07. The van der Waals surface area contributed by atoms with E-state index in [0.29, 0.717) is 15.2 Å². The number of halogens is 1. The second kappa shape index (κ2) is 10.2. The van der Waals surface area contributed by atoms with Gasteiger partial charge in [0.25, 0.3) is 10.0 Å². The lowest BCUT2D eigenvalue weighted by Crippen LogP contribution is -2.15. The van der Waals surface area contributed by atoms with Gasteiger partial charge >= 0.3 is 0 Å². The number of nitrogens with one attached hydrogen (secondary N) is 3. The van der Waals surface area contributed by atoms with Gasteiger partial charge in [-0.05, 0) is 36.4 Å². The zero-order valence-corrected chi connectivity index (χ0v) is 19.8. The molecule has 1 amide bonds. The van der Waals surface area contributed by atoms with Gasteiger partial charge in [0.05, 0.1) is 16.3 Å². The number of carbonyl (C=O) groups excluding carboxylic acids is 1. The van der Waals surface area contributed by atoms with Gasteiger partial charge in [-0.25, -0.2) is 17.8 Å². The molecule has 170 valence electrons. The van der Waals surface area contributed by atoms with E-state index in [-0.39, 0.29) is 27.4 Å². The smallest absolute Gasteiger partial charge is 0.263 e. The summed E-state index contributed by atoms with van der Waals surface area (Å²) in [5, 5.41) is 15.8. The maximum absolute atomic E-state index is 13.7. The van der Waals surface area contributed by atoms with Crippen LogP contribution in [0.15, 0.2) is 69.3 Å². The molecule has 0 aliphatic rings. The molecule has 0 saturated heterocycles. The first-order valence-corrected chi connectivity index (χ1v) is 13.4. The number of benzene rings is 2. The summed E-state index contributed by atoms with van der Waals surface area (Å²) in [6.45, 7) is 0. The van der Waals surface area contributed by atoms with E-state index in [1.54, 1.807) is 23.6 Å². The van der Waals surface area contributed by atoms with Gasteiger partial charge in [0, 0.05) is 17.3 Å². The Morgan fingerprint density at radius 3 is 2.58 bits per heavy atom. The molecular formula is C19H15FN6O3S4. The molecule has 0 aliphatic carbocycles. The molecule has 4 aromatic rings. The zero-order chi connectivity index (χ0) is 23.3. The van der Waals surface area contributed by atoms with Gasteiger partial charge in [0.1, 0.15) is 5.82 Å². The van der Waals surface area contributed by atoms with Crippen LogP contribution in [0.3, 0.4) is 0 Å². The quantitative estimate of drug-likeness (QED) is 0.276. The number of para-hydroxylation sites is 1. The average Bonchev–Trinajstić information content (AvgIpc) is 3.46. The molecule has 33 heavy (non-hydrogen) atoms. The van der Waals surface area contributed by atoms with Crippen molar-refractivity contribution in [3.05, 3.63) is 65.9 Å². The predicted octanol–water partition coefficient (Wildman–Crippen LogP) is 4.41. The van der Waals surface area contributed by atoms with Crippen LogP contribution < -0.4 is 15.4 Å². The summed E-state index contributed by atoms with van der Waals surface area (Å²) in [5.41, 5.74) is 0.739. The number of hydrogen-bond donors (Lipinski definition) is 3. The van der Waals surface area contributed by atoms with Crippen LogP contribution in [0.2, 0.25) is 0 Å². The van der Waals surface area contributed by atoms with Crippen LogP contribution in [0.1, 0.15) is 0 Å². The van der Waals surface area contributed by atoms with Gasteiger partial charge in [-0.1, -0.05) is 35.2 Å². The first-order valence-electron chi connectivity index (χ1n) is 9.19. The number of thioether (sulfide) groups is 1. The molecule has 2 heterocycles. The van der Waals surface area contributed by atoms with Gasteiger partial charge in [-0.2, -0.15) is 0 Å². The van der Waals surface area contributed by atoms with Crippen molar-refractivity contribution in [1.82, 2.24) is 15.2 Å². The summed E-state index contributed by atoms with van der Waals surface area (Å²) < 4.78 is 41.4. The van der Waals surface area contributed by atoms with Gasteiger partial charge < -0.3 is 10.6 Å². The third-order valence-corrected chi connectivity index (χ3v) is 8.10. The zero-order valence-electron chi connectivity index (χ0n) is 16.6. The number of sulfonamides is 1. The largest absolute Gasteiger partial charge is 0.328 e. The lowest BCUT2D eigenvalue weighted by Gasteiger charge is -2.07. The minimum absolute atomic E-state index is 0.0498. The number of aromatic nitrogens is 3. The van der Waals surface area contributed by atoms with Crippen molar-refractivity contribution >= 4 is 72.0 Å². The molecule has 14 heteroatoms. The summed E-state index contributed by atoms with van der Waals surface area (Å²) in [5.74, 6) is -0.630. The topological polar surface area (TPSA) is 126 Å². The van der Waals surface area contributed by atoms with E-state index in [4.69, 9.17) is 0 Å². The highest BCUT2D eigenvalue weighted by Gasteiger charge is 2.16. The minimum atomic E-state index is -3.76. The third-order valence-electron chi connectivity index (χ3n) is 3.95. The van der Waals surface area contributed by atoms with Crippen molar-refractivity contribution in [3.63, 3.8) is 0 Å². The Morgan fingerprint density at radius 2 is 1.85 bits per heavy atom. The summed E-state index contributed by atoms with van der Waals surface area (Å²) in [6.07, 6.45) is 1.50. The normalized spacial score (nSPS) is 11.2. The van der Waals surface area contributed by atoms with Crippen molar-refractivity contribution < 1.29 is 17.6 Å². The maximum atomic E-state index is 13.7. The monoisotopic (exact) mass is 522 g/mol. The average molecular weight is 523 g/mol. The van der Waals surface area contributed by atoms with E-state index in [0.717, 1.165) is 0 Å². The molecule has 0 spiro atoms. The summed E-state index contributed by atoms with van der Waals surface area (Å²) in [7, 11) is -3.76. The Balaban J connectivity index is 1.29. The van der Waals surface area contributed by atoms with Crippen molar-refractivity contribution in [2.75, 3.05) is 21.1 Å². The van der Waals surface area contributed by atoms with E-state index < -0.39 is 15.8 Å². The predicted molar refractivity (Wildman–Crippen MR) is 128 cm³/mol. The Kier molecular flexibility index (Phi) is 7.17. The van der Waals surface area contributed by atoms with Crippen molar-refractivity contribution in [3.8, 4) is 0 Å². The lowest BCUT2D eigenvalue weighted by atomic mass is 10.3. The molecule has 2 aromatic heterocycles. The van der Waals surface area contributed by atoms with Gasteiger partial charge in [-0.3, -0.25) is 9.52 Å². The molecular weight excluding hydrogens is 508 g/mol. The second-order valence-electron chi connectivity index (χ2n) is 6.28. The van der Waals surface area contributed by atoms with Gasteiger partial charge in [-0.15, -0.1) is 21.5 Å². The number of thiazole rings is 1. The molecule has 0 aliphatic heterocycles. The summed E-state index contributed by atoms with van der Waals surface area (Å²) in [4.78, 5) is 16.2. The number of hydrogen-bond acceptors (Lipinski definition) is 10. The Morgan fingerprint density at radius 1 is 1.06 bits per heavy atom. The van der Waals surface area contributed by atoms with Crippen LogP contribution in [0.25, 0.3) is 0 Å². The van der Waals surface area contributed by atoms with Crippen LogP contribution >= 0.6 is 34.4 Å². The standard InChI is InChI=1S/C19H15FN6O3S4/c20-14-3-1-2-4-15(14)23-18-24-25-19(32-18)31-11-16(27)22-12-5-7-13(8-6-12)33(28,29)26-17-21-9-10-30-17/h1-10H,11H2,(H,21,26)(H,22,27)(H,23,24). The second-order valence-corrected chi connectivity index (χ2v) is 11.1. The van der Waals surface area contributed by atoms with Crippen molar-refractivity contribution in [2.45, 2.75) is 9.24 Å². The lowest BCUT2D eigenvalue weighted by molar-refractivity contribution is -0.113. The van der Waals surface area contributed by atoms with Gasteiger partial charge in [0.2, 0.25) is 11.0 Å². The molecule has 0 fully saturated rings. The third kappa shape index (κ3) is 6.25. The highest BCUT2D eigenvalue weighted by Crippen LogP contribution is 2.28. The highest BCUT2D eigenvalue weighted by atomic mass is 32.2. The molecule has 4 rings (SSSR count). The fourth-order valence-electron chi connectivity index (χ4n) is 2.49. The Labute approximate surface area is 200 Å². The highest BCUT2D eigenvalue weighted by molar-refractivity contribution is 8.01. The van der Waals surface area contributed by atoms with Crippen molar-refractivity contribution in [1.29, 1.82) is 0 Å². The van der Waals surface area contributed by atoms with Crippen LogP contribution in [-0.4, -0.2) is 35.3 Å². The van der Waals surface area contributed by atoms with E-state index in [2.05, 4.69) is 30.5 Å². The first kappa shape index (κ1) is 23.1. The molecule has 0 atom stereocenters. The molecule has 0 radical (unpaired) electrons. The van der Waals surface area contributed by atoms with E-state index in [1.165, 1.54) is 71.0 Å². The van der Waals surface area contributed by atoms with Crippen molar-refractivity contribution in [2.24, 2.45) is 0 Å². The number of rotatable bonds is 9. The summed E-state index contributed by atoms with van der Waals surface area (Å²) in [6, 6.07) is 12.0. The maximum Gasteiger partial charge on any atom is 0.263 e. The molecule has 2 aromatic carbocycles. The number of carbonyl (C=O) groups is 1. The first-order chi connectivity index (χ1) is 15.9. The fraction of sp³-hybridized carbons (Fsp3) is 0.0526. The molecule has 0 saturated carbocycles. The van der Waals surface area contributed by atoms with Crippen LogP contribution in [0.4, 0.5) is 26.0 Å². The SMILES string of the molecule is O=C(CSc1nnc(Nc2ccccc2F)s1)Nc1ccc(S(=O)(=O)Nc2nccs2)cc1. The van der Waals surface area contributed by atoms with Crippen LogP contribution in [-0.2, 0) is 14.8 Å². The van der Waals surface area contributed by atoms with E-state index in [1.807, 2.05) is 0 Å². The summed E-state index contributed by atoms with van der Waals surface area (Å²) >= 11 is 3.55. The van der Waals surface area contributed by atoms with E-state index >= 15 is 0 Å². The minimum Gasteiger partial charge on any atom is -0.328 e. The van der Waals surface area contributed by atoms with E-state index in [9.17, 15) is 17.6 Å². The molecule has 9 nitrogen and oxygen atoms in total. The number of amides is 1. The number of anilines is 4. The Bertz CT molecular complexity index is 1340. The molecule has 0 bridgehead atoms. The number of nitrogens with zero attached hydrogens (tertiary/aromatic N) is 3. The van der Waals surface area contributed by atoms with Crippen LogP contribution in [0.5, 0.6) is 0 Å². The molecule has 0 unspecified atom stereocenters. The van der Waals surface area contributed by atoms with Gasteiger partial charge in [0.15, 0.2) is 9.47 Å². The molecule has 3 N–H and O–H groups in total. The van der Waals surface area contributed by atoms with Crippen LogP contribution in [0, 0.1) is 5.82 Å². The fourth-order valence-corrected chi connectivity index (χ4v) is 5.84.